The smallest absolute Gasteiger partial charge is 0.201 e. The zero-order valence-corrected chi connectivity index (χ0v) is 15.3. The molecule has 0 aliphatic heterocycles. The lowest BCUT2D eigenvalue weighted by Gasteiger charge is -2.24. The number of anilines is 2. The zero-order chi connectivity index (χ0) is 17.9. The van der Waals surface area contributed by atoms with Crippen molar-refractivity contribution < 1.29 is 0 Å². The van der Waals surface area contributed by atoms with Gasteiger partial charge in [0.05, 0.1) is 22.5 Å². The highest BCUT2D eigenvalue weighted by Crippen LogP contribution is 2.23. The van der Waals surface area contributed by atoms with E-state index >= 15 is 0 Å². The van der Waals surface area contributed by atoms with E-state index < -0.39 is 0 Å². The normalized spacial score (nSPS) is 19.4. The number of hydrogen-bond donors (Lipinski definition) is 3. The lowest BCUT2D eigenvalue weighted by Crippen LogP contribution is -2.31. The Morgan fingerprint density at radius 1 is 1.15 bits per heavy atom. The molecule has 0 saturated heterocycles. The highest BCUT2D eigenvalue weighted by atomic mass is 35.5. The zero-order valence-electron chi connectivity index (χ0n) is 14.5. The summed E-state index contributed by atoms with van der Waals surface area (Å²) in [6.45, 7) is 2.84. The van der Waals surface area contributed by atoms with Crippen molar-refractivity contribution in [3.05, 3.63) is 77.9 Å². The van der Waals surface area contributed by atoms with Crippen molar-refractivity contribution in [2.24, 2.45) is 0 Å². The number of imidazole rings is 1. The number of alkyl halides is 1. The van der Waals surface area contributed by atoms with E-state index in [2.05, 4.69) is 57.9 Å². The first-order valence-corrected chi connectivity index (χ1v) is 9.16. The van der Waals surface area contributed by atoms with Crippen LogP contribution in [0.25, 0.3) is 11.0 Å². The van der Waals surface area contributed by atoms with Gasteiger partial charge in [-0.25, -0.2) is 4.98 Å². The lowest BCUT2D eigenvalue weighted by molar-refractivity contribution is 0.823. The van der Waals surface area contributed by atoms with E-state index in [9.17, 15) is 0 Å². The van der Waals surface area contributed by atoms with Crippen LogP contribution in [0.1, 0.15) is 12.5 Å². The molecular formula is C21H21ClN4. The van der Waals surface area contributed by atoms with Gasteiger partial charge in [-0.2, -0.15) is 0 Å². The standard InChI is InChI=1S/C21H21ClN4/c1-14-6-5-9-17(22)20(14)26-21-24-18-11-10-15(12-19(18)25-21)13-23-16-7-3-2-4-8-16/h2-12,17,20,23H,13H2,1H3,(H2,24,25,26). The second kappa shape index (κ2) is 7.26. The molecule has 3 N–H and O–H groups in total. The fraction of sp³-hybridized carbons (Fsp3) is 0.190. The fourth-order valence-corrected chi connectivity index (χ4v) is 3.46. The van der Waals surface area contributed by atoms with Crippen LogP contribution in [-0.4, -0.2) is 21.4 Å². The number of nitrogens with one attached hydrogen (secondary N) is 3. The van der Waals surface area contributed by atoms with Crippen LogP contribution < -0.4 is 10.6 Å². The minimum atomic E-state index is -0.0844. The number of H-pyrrole nitrogens is 1. The number of rotatable bonds is 5. The van der Waals surface area contributed by atoms with Crippen molar-refractivity contribution >= 4 is 34.3 Å². The Morgan fingerprint density at radius 3 is 2.81 bits per heavy atom. The molecule has 2 unspecified atom stereocenters. The Hall–Kier alpha value is -2.72. The molecule has 0 radical (unpaired) electrons. The van der Waals surface area contributed by atoms with Gasteiger partial charge in [-0.05, 0) is 42.3 Å². The summed E-state index contributed by atoms with van der Waals surface area (Å²) in [6.07, 6.45) is 6.06. The van der Waals surface area contributed by atoms with E-state index in [4.69, 9.17) is 11.6 Å². The third kappa shape index (κ3) is 3.60. The number of allylic oxidation sites excluding steroid dienone is 2. The summed E-state index contributed by atoms with van der Waals surface area (Å²) >= 11 is 6.41. The van der Waals surface area contributed by atoms with E-state index in [0.717, 1.165) is 29.2 Å². The van der Waals surface area contributed by atoms with Crippen LogP contribution in [0.2, 0.25) is 0 Å². The van der Waals surface area contributed by atoms with E-state index in [-0.39, 0.29) is 11.4 Å². The predicted molar refractivity (Wildman–Crippen MR) is 110 cm³/mol. The number of halogens is 1. The minimum Gasteiger partial charge on any atom is -0.381 e. The molecule has 0 fully saturated rings. The van der Waals surface area contributed by atoms with Gasteiger partial charge < -0.3 is 15.6 Å². The van der Waals surface area contributed by atoms with Gasteiger partial charge in [-0.15, -0.1) is 11.6 Å². The van der Waals surface area contributed by atoms with Crippen LogP contribution >= 0.6 is 11.6 Å². The second-order valence-electron chi connectivity index (χ2n) is 6.52. The molecule has 2 aromatic carbocycles. The van der Waals surface area contributed by atoms with Crippen molar-refractivity contribution in [3.8, 4) is 0 Å². The predicted octanol–water partition coefficient (Wildman–Crippen LogP) is 5.08. The number of nitrogens with zero attached hydrogens (tertiary/aromatic N) is 1. The second-order valence-corrected chi connectivity index (χ2v) is 7.02. The van der Waals surface area contributed by atoms with Crippen LogP contribution in [0.5, 0.6) is 0 Å². The molecule has 26 heavy (non-hydrogen) atoms. The fourth-order valence-electron chi connectivity index (χ4n) is 3.12. The Labute approximate surface area is 158 Å². The summed E-state index contributed by atoms with van der Waals surface area (Å²) in [7, 11) is 0. The number of para-hydroxylation sites is 1. The molecule has 2 atom stereocenters. The van der Waals surface area contributed by atoms with Crippen molar-refractivity contribution in [2.45, 2.75) is 24.9 Å². The van der Waals surface area contributed by atoms with Crippen molar-refractivity contribution in [1.29, 1.82) is 0 Å². The Balaban J connectivity index is 1.49. The van der Waals surface area contributed by atoms with E-state index in [1.807, 2.05) is 36.4 Å². The molecule has 4 nitrogen and oxygen atoms in total. The largest absolute Gasteiger partial charge is 0.381 e. The molecule has 5 heteroatoms. The third-order valence-corrected chi connectivity index (χ3v) is 4.97. The molecule has 1 aliphatic rings. The maximum absolute atomic E-state index is 6.41. The molecule has 1 aromatic heterocycles. The molecule has 0 amide bonds. The molecule has 4 rings (SSSR count). The Kier molecular flexibility index (Phi) is 4.67. The van der Waals surface area contributed by atoms with Crippen molar-refractivity contribution in [3.63, 3.8) is 0 Å². The van der Waals surface area contributed by atoms with Crippen LogP contribution in [0.4, 0.5) is 11.6 Å². The molecular weight excluding hydrogens is 344 g/mol. The SMILES string of the molecule is CC1=CC=CC(Cl)C1Nc1nc2ccc(CNc3ccccc3)cc2[nH]1. The number of hydrogen-bond acceptors (Lipinski definition) is 3. The van der Waals surface area contributed by atoms with Gasteiger partial charge in [0, 0.05) is 12.2 Å². The summed E-state index contributed by atoms with van der Waals surface area (Å²) in [4.78, 5) is 8.00. The highest BCUT2D eigenvalue weighted by molar-refractivity contribution is 6.22. The molecule has 0 spiro atoms. The lowest BCUT2D eigenvalue weighted by atomic mass is 10.0. The molecule has 1 aliphatic carbocycles. The monoisotopic (exact) mass is 364 g/mol. The van der Waals surface area contributed by atoms with Gasteiger partial charge in [0.2, 0.25) is 5.95 Å². The summed E-state index contributed by atoms with van der Waals surface area (Å²) in [6, 6.07) is 16.5. The minimum absolute atomic E-state index is 0.0430. The van der Waals surface area contributed by atoms with Gasteiger partial charge >= 0.3 is 0 Å². The van der Waals surface area contributed by atoms with Gasteiger partial charge in [-0.3, -0.25) is 0 Å². The van der Waals surface area contributed by atoms with E-state index in [0.29, 0.717) is 0 Å². The molecule has 0 bridgehead atoms. The number of fused-ring (bicyclic) bond motifs is 1. The molecule has 0 saturated carbocycles. The first kappa shape index (κ1) is 16.7. The molecule has 3 aromatic rings. The van der Waals surface area contributed by atoms with Crippen LogP contribution in [0.15, 0.2) is 72.3 Å². The summed E-state index contributed by atoms with van der Waals surface area (Å²) in [5.74, 6) is 0.742. The number of aromatic nitrogens is 2. The van der Waals surface area contributed by atoms with Crippen LogP contribution in [0.3, 0.4) is 0 Å². The Morgan fingerprint density at radius 2 is 2.00 bits per heavy atom. The first-order chi connectivity index (χ1) is 12.7. The number of benzene rings is 2. The van der Waals surface area contributed by atoms with Gasteiger partial charge in [0.15, 0.2) is 0 Å². The summed E-state index contributed by atoms with van der Waals surface area (Å²) < 4.78 is 0. The maximum Gasteiger partial charge on any atom is 0.201 e. The quantitative estimate of drug-likeness (QED) is 0.553. The maximum atomic E-state index is 6.41. The highest BCUT2D eigenvalue weighted by Gasteiger charge is 2.21. The summed E-state index contributed by atoms with van der Waals surface area (Å²) in [5, 5.41) is 6.76. The topological polar surface area (TPSA) is 52.7 Å². The van der Waals surface area contributed by atoms with Gasteiger partial charge in [0.1, 0.15) is 0 Å². The van der Waals surface area contributed by atoms with Crippen molar-refractivity contribution in [2.75, 3.05) is 10.6 Å². The molecule has 1 heterocycles. The van der Waals surface area contributed by atoms with E-state index in [1.54, 1.807) is 0 Å². The van der Waals surface area contributed by atoms with Gasteiger partial charge in [-0.1, -0.05) is 42.5 Å². The van der Waals surface area contributed by atoms with Gasteiger partial charge in [0.25, 0.3) is 0 Å². The third-order valence-electron chi connectivity index (χ3n) is 4.57. The van der Waals surface area contributed by atoms with Crippen LogP contribution in [-0.2, 0) is 6.54 Å². The Bertz CT molecular complexity index is 959. The van der Waals surface area contributed by atoms with Crippen molar-refractivity contribution in [1.82, 2.24) is 9.97 Å². The first-order valence-electron chi connectivity index (χ1n) is 8.72. The molecule has 132 valence electrons. The number of aromatic amines is 1. The average Bonchev–Trinajstić information content (AvgIpc) is 3.06. The van der Waals surface area contributed by atoms with Crippen LogP contribution in [0, 0.1) is 0 Å². The van der Waals surface area contributed by atoms with E-state index in [1.165, 1.54) is 11.1 Å². The average molecular weight is 365 g/mol. The summed E-state index contributed by atoms with van der Waals surface area (Å²) in [5.41, 5.74) is 5.46.